The molecular weight excluding hydrogens is 220 g/mol. The third kappa shape index (κ3) is 5.79. The molecule has 3 unspecified atom stereocenters. The molecule has 0 rings (SSSR count). The average Bonchev–Trinajstić information content (AvgIpc) is 2.33. The summed E-state index contributed by atoms with van der Waals surface area (Å²) in [7, 11) is 3.35. The van der Waals surface area contributed by atoms with E-state index in [0.29, 0.717) is 13.2 Å². The highest BCUT2D eigenvalue weighted by Gasteiger charge is 2.26. The van der Waals surface area contributed by atoms with Gasteiger partial charge in [0.1, 0.15) is 0 Å². The molecule has 0 spiro atoms. The van der Waals surface area contributed by atoms with Crippen molar-refractivity contribution in [1.29, 1.82) is 0 Å². The molecule has 0 radical (unpaired) electrons. The van der Waals surface area contributed by atoms with E-state index in [-0.39, 0.29) is 24.7 Å². The molecule has 0 heterocycles. The number of ether oxygens (including phenoxy) is 2. The molecule has 3 N–H and O–H groups in total. The van der Waals surface area contributed by atoms with Crippen molar-refractivity contribution in [2.75, 3.05) is 40.6 Å². The van der Waals surface area contributed by atoms with Crippen LogP contribution in [-0.4, -0.2) is 68.7 Å². The zero-order chi connectivity index (χ0) is 13.3. The summed E-state index contributed by atoms with van der Waals surface area (Å²) >= 11 is 0. The summed E-state index contributed by atoms with van der Waals surface area (Å²) in [5, 5.41) is 9.51. The van der Waals surface area contributed by atoms with E-state index >= 15 is 0 Å². The highest BCUT2D eigenvalue weighted by atomic mass is 16.5. The third-order valence-electron chi connectivity index (χ3n) is 3.11. The Labute approximate surface area is 105 Å². The first-order chi connectivity index (χ1) is 8.12. The van der Waals surface area contributed by atoms with Crippen LogP contribution in [0.1, 0.15) is 20.3 Å². The molecule has 0 amide bonds. The van der Waals surface area contributed by atoms with Gasteiger partial charge in [-0.2, -0.15) is 0 Å². The standard InChI is InChI=1S/C12H28N2O3/c1-5-11(13)12(8-15)14(6-7-16-3)10(2)9-17-4/h10-12,15H,5-9,13H2,1-4H3. The first kappa shape index (κ1) is 16.8. The van der Waals surface area contributed by atoms with Crippen molar-refractivity contribution >= 4 is 0 Å². The fraction of sp³-hybridized carbons (Fsp3) is 1.00. The number of hydrogen-bond donors (Lipinski definition) is 2. The molecule has 5 nitrogen and oxygen atoms in total. The van der Waals surface area contributed by atoms with E-state index in [1.165, 1.54) is 0 Å². The van der Waals surface area contributed by atoms with Gasteiger partial charge in [0, 0.05) is 38.9 Å². The van der Waals surface area contributed by atoms with Crippen LogP contribution < -0.4 is 5.73 Å². The second-order valence-electron chi connectivity index (χ2n) is 4.36. The lowest BCUT2D eigenvalue weighted by Crippen LogP contribution is -2.55. The summed E-state index contributed by atoms with van der Waals surface area (Å²) < 4.78 is 10.3. The third-order valence-corrected chi connectivity index (χ3v) is 3.11. The molecule has 104 valence electrons. The Morgan fingerprint density at radius 1 is 1.29 bits per heavy atom. The van der Waals surface area contributed by atoms with Gasteiger partial charge >= 0.3 is 0 Å². The number of aliphatic hydroxyl groups excluding tert-OH is 1. The number of nitrogens with two attached hydrogens (primary N) is 1. The monoisotopic (exact) mass is 248 g/mol. The molecule has 0 aromatic carbocycles. The fourth-order valence-corrected chi connectivity index (χ4v) is 2.01. The van der Waals surface area contributed by atoms with Crippen molar-refractivity contribution in [2.45, 2.75) is 38.4 Å². The molecule has 0 aliphatic rings. The summed E-state index contributed by atoms with van der Waals surface area (Å²) in [5.41, 5.74) is 6.05. The minimum atomic E-state index is -0.0414. The van der Waals surface area contributed by atoms with Gasteiger partial charge in [-0.1, -0.05) is 6.92 Å². The number of rotatable bonds is 10. The number of nitrogens with zero attached hydrogens (tertiary/aromatic N) is 1. The second-order valence-corrected chi connectivity index (χ2v) is 4.36. The Morgan fingerprint density at radius 3 is 2.35 bits per heavy atom. The normalized spacial score (nSPS) is 17.1. The van der Waals surface area contributed by atoms with E-state index in [9.17, 15) is 5.11 Å². The smallest absolute Gasteiger partial charge is 0.0615 e. The number of methoxy groups -OCH3 is 2. The molecule has 0 aliphatic carbocycles. The Morgan fingerprint density at radius 2 is 1.94 bits per heavy atom. The molecule has 0 aromatic rings. The largest absolute Gasteiger partial charge is 0.395 e. The summed E-state index contributed by atoms with van der Waals surface area (Å²) in [4.78, 5) is 2.17. The Bertz CT molecular complexity index is 181. The van der Waals surface area contributed by atoms with Crippen LogP contribution in [0.2, 0.25) is 0 Å². The summed E-state index contributed by atoms with van der Waals surface area (Å²) in [6.45, 7) is 6.16. The zero-order valence-electron chi connectivity index (χ0n) is 11.6. The molecule has 3 atom stereocenters. The van der Waals surface area contributed by atoms with Crippen molar-refractivity contribution in [1.82, 2.24) is 4.90 Å². The van der Waals surface area contributed by atoms with Crippen LogP contribution in [0.25, 0.3) is 0 Å². The van der Waals surface area contributed by atoms with E-state index in [1.54, 1.807) is 14.2 Å². The van der Waals surface area contributed by atoms with E-state index in [1.807, 2.05) is 6.92 Å². The van der Waals surface area contributed by atoms with Gasteiger partial charge in [-0.05, 0) is 13.3 Å². The Kier molecular flexibility index (Phi) is 9.68. The minimum Gasteiger partial charge on any atom is -0.395 e. The molecule has 0 fully saturated rings. The van der Waals surface area contributed by atoms with Gasteiger partial charge in [0.2, 0.25) is 0 Å². The first-order valence-corrected chi connectivity index (χ1v) is 6.22. The first-order valence-electron chi connectivity index (χ1n) is 6.22. The molecule has 0 bridgehead atoms. The van der Waals surface area contributed by atoms with Gasteiger partial charge in [0.15, 0.2) is 0 Å². The number of aliphatic hydroxyl groups is 1. The second kappa shape index (κ2) is 9.79. The van der Waals surface area contributed by atoms with Crippen LogP contribution in [0, 0.1) is 0 Å². The Hall–Kier alpha value is -0.200. The maximum absolute atomic E-state index is 9.51. The van der Waals surface area contributed by atoms with Crippen molar-refractivity contribution in [2.24, 2.45) is 5.73 Å². The van der Waals surface area contributed by atoms with E-state index in [0.717, 1.165) is 13.0 Å². The minimum absolute atomic E-state index is 0.0313. The Balaban J connectivity index is 4.60. The van der Waals surface area contributed by atoms with Crippen LogP contribution in [0.3, 0.4) is 0 Å². The van der Waals surface area contributed by atoms with Gasteiger partial charge in [-0.3, -0.25) is 4.90 Å². The predicted octanol–water partition coefficient (Wildman–Crippen LogP) is 0.0679. The topological polar surface area (TPSA) is 68.0 Å². The number of hydrogen-bond acceptors (Lipinski definition) is 5. The molecule has 0 aromatic heterocycles. The molecule has 17 heavy (non-hydrogen) atoms. The van der Waals surface area contributed by atoms with Gasteiger partial charge in [0.25, 0.3) is 0 Å². The lowest BCUT2D eigenvalue weighted by molar-refractivity contribution is 0.0175. The van der Waals surface area contributed by atoms with Crippen LogP contribution >= 0.6 is 0 Å². The maximum Gasteiger partial charge on any atom is 0.0615 e. The van der Waals surface area contributed by atoms with E-state index in [4.69, 9.17) is 15.2 Å². The van der Waals surface area contributed by atoms with Gasteiger partial charge in [-0.15, -0.1) is 0 Å². The predicted molar refractivity (Wildman–Crippen MR) is 69.1 cm³/mol. The SMILES string of the molecule is CCC(N)C(CO)N(CCOC)C(C)COC. The lowest BCUT2D eigenvalue weighted by Gasteiger charge is -2.38. The van der Waals surface area contributed by atoms with Crippen LogP contribution in [-0.2, 0) is 9.47 Å². The quantitative estimate of drug-likeness (QED) is 0.572. The van der Waals surface area contributed by atoms with Crippen LogP contribution in [0.4, 0.5) is 0 Å². The van der Waals surface area contributed by atoms with Gasteiger partial charge in [-0.25, -0.2) is 0 Å². The highest BCUT2D eigenvalue weighted by Crippen LogP contribution is 2.11. The van der Waals surface area contributed by atoms with Crippen molar-refractivity contribution in [3.63, 3.8) is 0 Å². The van der Waals surface area contributed by atoms with Crippen molar-refractivity contribution in [3.8, 4) is 0 Å². The molecule has 5 heteroatoms. The lowest BCUT2D eigenvalue weighted by atomic mass is 10.0. The van der Waals surface area contributed by atoms with Gasteiger partial charge in [0.05, 0.1) is 19.8 Å². The van der Waals surface area contributed by atoms with E-state index < -0.39 is 0 Å². The van der Waals surface area contributed by atoms with Gasteiger partial charge < -0.3 is 20.3 Å². The van der Waals surface area contributed by atoms with Crippen molar-refractivity contribution in [3.05, 3.63) is 0 Å². The fourth-order valence-electron chi connectivity index (χ4n) is 2.01. The summed E-state index contributed by atoms with van der Waals surface area (Å²) in [6.07, 6.45) is 0.842. The van der Waals surface area contributed by atoms with Crippen molar-refractivity contribution < 1.29 is 14.6 Å². The molecule has 0 saturated heterocycles. The molecule has 0 saturated carbocycles. The average molecular weight is 248 g/mol. The van der Waals surface area contributed by atoms with Crippen LogP contribution in [0.5, 0.6) is 0 Å². The summed E-state index contributed by atoms with van der Waals surface area (Å²) in [5.74, 6) is 0. The summed E-state index contributed by atoms with van der Waals surface area (Å²) in [6, 6.07) is 0.140. The molecule has 0 aliphatic heterocycles. The van der Waals surface area contributed by atoms with Crippen LogP contribution in [0.15, 0.2) is 0 Å². The highest BCUT2D eigenvalue weighted by molar-refractivity contribution is 4.84. The maximum atomic E-state index is 9.51. The molecular formula is C12H28N2O3. The van der Waals surface area contributed by atoms with E-state index in [2.05, 4.69) is 11.8 Å². The zero-order valence-corrected chi connectivity index (χ0v) is 11.6.